The van der Waals surface area contributed by atoms with Crippen LogP contribution in [0.3, 0.4) is 0 Å². The Morgan fingerprint density at radius 1 is 1.29 bits per heavy atom. The summed E-state index contributed by atoms with van der Waals surface area (Å²) < 4.78 is 5.12. The highest BCUT2D eigenvalue weighted by atomic mass is 16.5. The van der Waals surface area contributed by atoms with E-state index >= 15 is 0 Å². The SMILES string of the molecule is COc1cccc(NC(=O)c2n[nH]c3ccc(N)cc23)c1. The number of amides is 1. The minimum absolute atomic E-state index is 0.305. The topological polar surface area (TPSA) is 93.0 Å². The van der Waals surface area contributed by atoms with Crippen molar-refractivity contribution in [2.45, 2.75) is 0 Å². The summed E-state index contributed by atoms with van der Waals surface area (Å²) in [5.41, 5.74) is 8.04. The molecule has 0 bridgehead atoms. The first kappa shape index (κ1) is 13.0. The van der Waals surface area contributed by atoms with Crippen LogP contribution >= 0.6 is 0 Å². The van der Waals surface area contributed by atoms with Gasteiger partial charge in [0.25, 0.3) is 5.91 Å². The number of H-pyrrole nitrogens is 1. The van der Waals surface area contributed by atoms with Crippen LogP contribution in [0.5, 0.6) is 5.75 Å². The monoisotopic (exact) mass is 282 g/mol. The van der Waals surface area contributed by atoms with Crippen molar-refractivity contribution in [3.8, 4) is 5.75 Å². The lowest BCUT2D eigenvalue weighted by atomic mass is 10.2. The van der Waals surface area contributed by atoms with Crippen molar-refractivity contribution >= 4 is 28.2 Å². The molecule has 1 amide bonds. The molecule has 106 valence electrons. The number of carbonyl (C=O) groups excluding carboxylic acids is 1. The van der Waals surface area contributed by atoms with Crippen LogP contribution in [0.25, 0.3) is 10.9 Å². The fraction of sp³-hybridized carbons (Fsp3) is 0.0667. The molecule has 0 spiro atoms. The first-order valence-electron chi connectivity index (χ1n) is 6.36. The van der Waals surface area contributed by atoms with E-state index in [1.54, 1.807) is 49.6 Å². The minimum Gasteiger partial charge on any atom is -0.497 e. The van der Waals surface area contributed by atoms with Gasteiger partial charge in [-0.3, -0.25) is 9.89 Å². The van der Waals surface area contributed by atoms with Crippen LogP contribution in [0.1, 0.15) is 10.5 Å². The Labute approximate surface area is 120 Å². The molecule has 2 aromatic carbocycles. The van der Waals surface area contributed by atoms with Gasteiger partial charge in [0.2, 0.25) is 0 Å². The number of aromatic nitrogens is 2. The van der Waals surface area contributed by atoms with Gasteiger partial charge < -0.3 is 15.8 Å². The normalized spacial score (nSPS) is 10.5. The Bertz CT molecular complexity index is 810. The molecule has 0 aliphatic carbocycles. The van der Waals surface area contributed by atoms with Crippen molar-refractivity contribution in [2.75, 3.05) is 18.2 Å². The molecular weight excluding hydrogens is 268 g/mol. The summed E-state index contributed by atoms with van der Waals surface area (Å²) in [4.78, 5) is 12.3. The van der Waals surface area contributed by atoms with Crippen LogP contribution in [0.15, 0.2) is 42.5 Å². The van der Waals surface area contributed by atoms with Crippen LogP contribution in [0.2, 0.25) is 0 Å². The number of nitrogens with one attached hydrogen (secondary N) is 2. The van der Waals surface area contributed by atoms with Gasteiger partial charge in [0.1, 0.15) is 5.75 Å². The molecular formula is C15H14N4O2. The Hall–Kier alpha value is -3.02. The second-order valence-corrected chi connectivity index (χ2v) is 4.56. The molecule has 0 radical (unpaired) electrons. The Morgan fingerprint density at radius 2 is 2.14 bits per heavy atom. The van der Waals surface area contributed by atoms with Crippen LogP contribution < -0.4 is 15.8 Å². The third-order valence-corrected chi connectivity index (χ3v) is 3.13. The van der Waals surface area contributed by atoms with E-state index in [1.807, 2.05) is 0 Å². The first-order chi connectivity index (χ1) is 10.2. The first-order valence-corrected chi connectivity index (χ1v) is 6.36. The third kappa shape index (κ3) is 2.51. The summed E-state index contributed by atoms with van der Waals surface area (Å²) in [7, 11) is 1.57. The Kier molecular flexibility index (Phi) is 3.19. The Balaban J connectivity index is 1.91. The van der Waals surface area contributed by atoms with E-state index in [0.29, 0.717) is 28.2 Å². The predicted octanol–water partition coefficient (Wildman–Crippen LogP) is 2.41. The van der Waals surface area contributed by atoms with Gasteiger partial charge in [0.15, 0.2) is 5.69 Å². The van der Waals surface area contributed by atoms with E-state index in [2.05, 4.69) is 15.5 Å². The molecule has 21 heavy (non-hydrogen) atoms. The summed E-state index contributed by atoms with van der Waals surface area (Å²) in [6.45, 7) is 0. The number of carbonyl (C=O) groups is 1. The lowest BCUT2D eigenvalue weighted by molar-refractivity contribution is 0.102. The van der Waals surface area contributed by atoms with Gasteiger partial charge in [0, 0.05) is 22.8 Å². The highest BCUT2D eigenvalue weighted by Crippen LogP contribution is 2.21. The molecule has 0 saturated carbocycles. The van der Waals surface area contributed by atoms with Gasteiger partial charge in [-0.15, -0.1) is 0 Å². The molecule has 0 unspecified atom stereocenters. The lowest BCUT2D eigenvalue weighted by Gasteiger charge is -2.05. The second kappa shape index (κ2) is 5.16. The number of nitrogens with zero attached hydrogens (tertiary/aromatic N) is 1. The average Bonchev–Trinajstić information content (AvgIpc) is 2.90. The molecule has 1 heterocycles. The van der Waals surface area contributed by atoms with Crippen LogP contribution in [-0.2, 0) is 0 Å². The van der Waals surface area contributed by atoms with E-state index < -0.39 is 0 Å². The minimum atomic E-state index is -0.305. The third-order valence-electron chi connectivity index (χ3n) is 3.13. The van der Waals surface area contributed by atoms with Gasteiger partial charge >= 0.3 is 0 Å². The molecule has 0 aliphatic rings. The number of hydrogen-bond donors (Lipinski definition) is 3. The fourth-order valence-electron chi connectivity index (χ4n) is 2.10. The molecule has 3 rings (SSSR count). The zero-order valence-electron chi connectivity index (χ0n) is 11.4. The van der Waals surface area contributed by atoms with E-state index in [4.69, 9.17) is 10.5 Å². The molecule has 0 aliphatic heterocycles. The highest BCUT2D eigenvalue weighted by molar-refractivity contribution is 6.11. The van der Waals surface area contributed by atoms with E-state index in [0.717, 1.165) is 5.52 Å². The maximum absolute atomic E-state index is 12.3. The summed E-state index contributed by atoms with van der Waals surface area (Å²) in [5, 5.41) is 10.3. The smallest absolute Gasteiger partial charge is 0.276 e. The van der Waals surface area contributed by atoms with E-state index in [-0.39, 0.29) is 5.91 Å². The van der Waals surface area contributed by atoms with Crippen molar-refractivity contribution in [2.24, 2.45) is 0 Å². The number of aromatic amines is 1. The fourth-order valence-corrected chi connectivity index (χ4v) is 2.10. The maximum Gasteiger partial charge on any atom is 0.276 e. The van der Waals surface area contributed by atoms with E-state index in [9.17, 15) is 4.79 Å². The number of hydrogen-bond acceptors (Lipinski definition) is 4. The predicted molar refractivity (Wildman–Crippen MR) is 81.5 cm³/mol. The number of nitrogen functional groups attached to an aromatic ring is 1. The van der Waals surface area contributed by atoms with Crippen molar-refractivity contribution in [3.63, 3.8) is 0 Å². The summed E-state index contributed by atoms with van der Waals surface area (Å²) in [5.74, 6) is 0.365. The maximum atomic E-state index is 12.3. The molecule has 4 N–H and O–H groups in total. The number of benzene rings is 2. The van der Waals surface area contributed by atoms with Gasteiger partial charge in [0.05, 0.1) is 12.6 Å². The van der Waals surface area contributed by atoms with Crippen LogP contribution in [0.4, 0.5) is 11.4 Å². The van der Waals surface area contributed by atoms with Gasteiger partial charge in [-0.25, -0.2) is 0 Å². The Morgan fingerprint density at radius 3 is 2.95 bits per heavy atom. The van der Waals surface area contributed by atoms with Crippen molar-refractivity contribution < 1.29 is 9.53 Å². The molecule has 0 atom stereocenters. The average molecular weight is 282 g/mol. The summed E-state index contributed by atoms with van der Waals surface area (Å²) in [6, 6.07) is 12.4. The van der Waals surface area contributed by atoms with Crippen molar-refractivity contribution in [1.82, 2.24) is 10.2 Å². The van der Waals surface area contributed by atoms with Crippen LogP contribution in [0, 0.1) is 0 Å². The van der Waals surface area contributed by atoms with Gasteiger partial charge in [-0.2, -0.15) is 5.10 Å². The van der Waals surface area contributed by atoms with Gasteiger partial charge in [-0.05, 0) is 30.3 Å². The molecule has 0 saturated heterocycles. The molecule has 6 heteroatoms. The molecule has 3 aromatic rings. The number of ether oxygens (including phenoxy) is 1. The number of rotatable bonds is 3. The number of nitrogens with two attached hydrogens (primary N) is 1. The summed E-state index contributed by atoms with van der Waals surface area (Å²) >= 11 is 0. The number of methoxy groups -OCH3 is 1. The molecule has 6 nitrogen and oxygen atoms in total. The summed E-state index contributed by atoms with van der Waals surface area (Å²) in [6.07, 6.45) is 0. The van der Waals surface area contributed by atoms with Crippen LogP contribution in [-0.4, -0.2) is 23.2 Å². The zero-order valence-corrected chi connectivity index (χ0v) is 11.4. The van der Waals surface area contributed by atoms with E-state index in [1.165, 1.54) is 0 Å². The zero-order chi connectivity index (χ0) is 14.8. The molecule has 0 fully saturated rings. The number of fused-ring (bicyclic) bond motifs is 1. The van der Waals surface area contributed by atoms with Gasteiger partial charge in [-0.1, -0.05) is 6.07 Å². The van der Waals surface area contributed by atoms with Crippen molar-refractivity contribution in [3.05, 3.63) is 48.2 Å². The quantitative estimate of drug-likeness (QED) is 0.643. The lowest BCUT2D eigenvalue weighted by Crippen LogP contribution is -2.12. The second-order valence-electron chi connectivity index (χ2n) is 4.56. The van der Waals surface area contributed by atoms with Crippen molar-refractivity contribution in [1.29, 1.82) is 0 Å². The molecule has 1 aromatic heterocycles. The highest BCUT2D eigenvalue weighted by Gasteiger charge is 2.14. The largest absolute Gasteiger partial charge is 0.497 e. The number of anilines is 2. The standard InChI is InChI=1S/C15H14N4O2/c1-21-11-4-2-3-10(8-11)17-15(20)14-12-7-9(16)5-6-13(12)18-19-14/h2-8H,16H2,1H3,(H,17,20)(H,18,19).